The van der Waals surface area contributed by atoms with Crippen molar-refractivity contribution in [2.45, 2.75) is 32.0 Å². The second-order valence-corrected chi connectivity index (χ2v) is 3.92. The third-order valence-electron chi connectivity index (χ3n) is 2.48. The highest BCUT2D eigenvalue weighted by Gasteiger charge is 2.27. The zero-order valence-electron chi connectivity index (χ0n) is 8.26. The first-order valence-electron chi connectivity index (χ1n) is 4.79. The smallest absolute Gasteiger partial charge is 0.106 e. The van der Waals surface area contributed by atoms with E-state index in [2.05, 4.69) is 24.1 Å². The topological polar surface area (TPSA) is 15.3 Å². The Morgan fingerprint density at radius 3 is 2.00 bits per heavy atom. The molecule has 0 unspecified atom stereocenters. The summed E-state index contributed by atoms with van der Waals surface area (Å²) in [4.78, 5) is 2.12. The minimum Gasteiger partial charge on any atom is -0.304 e. The summed E-state index contributed by atoms with van der Waals surface area (Å²) in [6, 6.07) is -0.0287. The van der Waals surface area contributed by atoms with Crippen molar-refractivity contribution in [2.24, 2.45) is 0 Å². The highest BCUT2D eigenvalue weighted by molar-refractivity contribution is 4.86. The monoisotopic (exact) mass is 192 g/mol. The molecule has 0 aromatic carbocycles. The maximum absolute atomic E-state index is 12.4. The number of halogens is 2. The van der Waals surface area contributed by atoms with E-state index >= 15 is 0 Å². The molecule has 0 aliphatic carbocycles. The number of hydrogen-bond acceptors (Lipinski definition) is 2. The molecule has 1 N–H and O–H groups in total. The Kier molecular flexibility index (Phi) is 4.06. The summed E-state index contributed by atoms with van der Waals surface area (Å²) in [6.07, 6.45) is 0. The summed E-state index contributed by atoms with van der Waals surface area (Å²) < 4.78 is 24.8. The zero-order chi connectivity index (χ0) is 9.84. The van der Waals surface area contributed by atoms with Crippen molar-refractivity contribution in [1.82, 2.24) is 10.2 Å². The fourth-order valence-electron chi connectivity index (χ4n) is 1.69. The minimum absolute atomic E-state index is 0.197. The lowest BCUT2D eigenvalue weighted by atomic mass is 10.1. The second kappa shape index (κ2) is 4.86. The van der Waals surface area contributed by atoms with Gasteiger partial charge in [0.25, 0.3) is 0 Å². The van der Waals surface area contributed by atoms with Crippen LogP contribution in [-0.4, -0.2) is 49.5 Å². The predicted octanol–water partition coefficient (Wildman–Crippen LogP) is 0.976. The van der Waals surface area contributed by atoms with Crippen molar-refractivity contribution in [3.63, 3.8) is 0 Å². The van der Waals surface area contributed by atoms with Crippen LogP contribution in [0.2, 0.25) is 0 Å². The summed E-state index contributed by atoms with van der Waals surface area (Å²) in [7, 11) is 0. The molecule has 0 aromatic rings. The van der Waals surface area contributed by atoms with Crippen molar-refractivity contribution in [1.29, 1.82) is 0 Å². The van der Waals surface area contributed by atoms with Crippen LogP contribution in [0.25, 0.3) is 0 Å². The van der Waals surface area contributed by atoms with Crippen LogP contribution in [-0.2, 0) is 0 Å². The lowest BCUT2D eigenvalue weighted by Crippen LogP contribution is -2.59. The van der Waals surface area contributed by atoms with E-state index in [-0.39, 0.29) is 12.1 Å². The summed E-state index contributed by atoms with van der Waals surface area (Å²) in [5.41, 5.74) is 0. The first-order valence-corrected chi connectivity index (χ1v) is 4.79. The van der Waals surface area contributed by atoms with Crippen LogP contribution in [0.4, 0.5) is 8.78 Å². The molecule has 13 heavy (non-hydrogen) atoms. The Balaban J connectivity index is 2.49. The van der Waals surface area contributed by atoms with E-state index in [1.165, 1.54) is 0 Å². The van der Waals surface area contributed by atoms with Gasteiger partial charge in [0.15, 0.2) is 0 Å². The number of piperazine rings is 1. The Hall–Kier alpha value is -0.220. The Morgan fingerprint density at radius 2 is 1.69 bits per heavy atom. The molecule has 78 valence electrons. The highest BCUT2D eigenvalue weighted by atomic mass is 19.1. The quantitative estimate of drug-likeness (QED) is 0.717. The zero-order valence-corrected chi connectivity index (χ0v) is 8.26. The molecule has 2 nitrogen and oxygen atoms in total. The van der Waals surface area contributed by atoms with Gasteiger partial charge in [0.2, 0.25) is 0 Å². The summed E-state index contributed by atoms with van der Waals surface area (Å²) >= 11 is 0. The van der Waals surface area contributed by atoms with Gasteiger partial charge in [-0.2, -0.15) is 0 Å². The van der Waals surface area contributed by atoms with Gasteiger partial charge in [0.05, 0.1) is 0 Å². The predicted molar refractivity (Wildman–Crippen MR) is 49.4 cm³/mol. The fraction of sp³-hybridized carbons (Fsp3) is 1.00. The van der Waals surface area contributed by atoms with E-state index in [9.17, 15) is 8.78 Å². The van der Waals surface area contributed by atoms with Gasteiger partial charge >= 0.3 is 0 Å². The Labute approximate surface area is 78.3 Å². The molecule has 4 heteroatoms. The van der Waals surface area contributed by atoms with Gasteiger partial charge in [0, 0.05) is 31.2 Å². The summed E-state index contributed by atoms with van der Waals surface area (Å²) in [6.45, 7) is 4.64. The Bertz CT molecular complexity index is 141. The van der Waals surface area contributed by atoms with E-state index in [0.717, 1.165) is 0 Å². The van der Waals surface area contributed by atoms with Gasteiger partial charge in [-0.15, -0.1) is 0 Å². The van der Waals surface area contributed by atoms with Crippen LogP contribution in [0, 0.1) is 0 Å². The molecule has 0 amide bonds. The van der Waals surface area contributed by atoms with E-state index < -0.39 is 13.3 Å². The minimum atomic E-state index is -0.417. The van der Waals surface area contributed by atoms with Gasteiger partial charge < -0.3 is 5.32 Å². The fourth-order valence-corrected chi connectivity index (χ4v) is 1.69. The van der Waals surface area contributed by atoms with Gasteiger partial charge in [-0.3, -0.25) is 4.90 Å². The number of rotatable bonds is 3. The molecule has 1 aliphatic heterocycles. The lowest BCUT2D eigenvalue weighted by Gasteiger charge is -2.39. The molecule has 0 aromatic heterocycles. The molecule has 1 heterocycles. The van der Waals surface area contributed by atoms with Crippen LogP contribution >= 0.6 is 0 Å². The van der Waals surface area contributed by atoms with Crippen LogP contribution in [0.5, 0.6) is 0 Å². The molecule has 1 fully saturated rings. The molecule has 2 atom stereocenters. The molecule has 0 spiro atoms. The number of nitrogens with one attached hydrogen (secondary N) is 1. The number of nitrogens with zero attached hydrogens (tertiary/aromatic N) is 1. The average molecular weight is 192 g/mol. The van der Waals surface area contributed by atoms with Crippen molar-refractivity contribution in [3.05, 3.63) is 0 Å². The van der Waals surface area contributed by atoms with Crippen LogP contribution in [0.15, 0.2) is 0 Å². The molecular weight excluding hydrogens is 174 g/mol. The summed E-state index contributed by atoms with van der Waals surface area (Å²) in [5.74, 6) is 0. The van der Waals surface area contributed by atoms with Crippen LogP contribution in [0.1, 0.15) is 13.8 Å². The van der Waals surface area contributed by atoms with Crippen molar-refractivity contribution < 1.29 is 8.78 Å². The molecule has 0 saturated carbocycles. The second-order valence-electron chi connectivity index (χ2n) is 3.92. The summed E-state index contributed by atoms with van der Waals surface area (Å²) in [5, 5.41) is 2.95. The van der Waals surface area contributed by atoms with Crippen molar-refractivity contribution >= 4 is 0 Å². The lowest BCUT2D eigenvalue weighted by molar-refractivity contribution is 0.106. The number of alkyl halides is 2. The van der Waals surface area contributed by atoms with Gasteiger partial charge in [-0.25, -0.2) is 8.78 Å². The van der Waals surface area contributed by atoms with E-state index in [0.29, 0.717) is 19.1 Å². The maximum atomic E-state index is 12.4. The highest BCUT2D eigenvalue weighted by Crippen LogP contribution is 2.09. The average Bonchev–Trinajstić information content (AvgIpc) is 2.16. The molecule has 1 saturated heterocycles. The molecular formula is C9H18F2N2. The molecule has 1 aliphatic rings. The van der Waals surface area contributed by atoms with Crippen molar-refractivity contribution in [3.8, 4) is 0 Å². The largest absolute Gasteiger partial charge is 0.304 e. The SMILES string of the molecule is CC(C)N1C[C@H](CF)N[C@@H](CF)C1. The van der Waals surface area contributed by atoms with E-state index in [4.69, 9.17) is 0 Å². The van der Waals surface area contributed by atoms with Crippen molar-refractivity contribution in [2.75, 3.05) is 26.4 Å². The molecule has 0 radical (unpaired) electrons. The molecule has 0 bridgehead atoms. The normalized spacial score (nSPS) is 31.2. The van der Waals surface area contributed by atoms with Gasteiger partial charge in [-0.05, 0) is 13.8 Å². The van der Waals surface area contributed by atoms with Gasteiger partial charge in [0.1, 0.15) is 13.3 Å². The first kappa shape index (κ1) is 10.9. The standard InChI is InChI=1S/C9H18F2N2/c1-7(2)13-5-8(3-10)12-9(4-11)6-13/h7-9,12H,3-6H2,1-2H3/t8-,9-/m0/s1. The van der Waals surface area contributed by atoms with Crippen LogP contribution < -0.4 is 5.32 Å². The third-order valence-corrected chi connectivity index (χ3v) is 2.48. The first-order chi connectivity index (χ1) is 6.17. The van der Waals surface area contributed by atoms with Crippen LogP contribution in [0.3, 0.4) is 0 Å². The van der Waals surface area contributed by atoms with E-state index in [1.54, 1.807) is 0 Å². The third kappa shape index (κ3) is 2.88. The van der Waals surface area contributed by atoms with E-state index in [1.807, 2.05) is 0 Å². The Morgan fingerprint density at radius 1 is 1.23 bits per heavy atom. The van der Waals surface area contributed by atoms with Gasteiger partial charge in [-0.1, -0.05) is 0 Å². The number of hydrogen-bond donors (Lipinski definition) is 1. The maximum Gasteiger partial charge on any atom is 0.106 e. The molecule has 1 rings (SSSR count).